The van der Waals surface area contributed by atoms with E-state index < -0.39 is 11.7 Å². The van der Waals surface area contributed by atoms with Crippen LogP contribution in [0.4, 0.5) is 13.2 Å². The molecule has 0 amide bonds. The van der Waals surface area contributed by atoms with Gasteiger partial charge in [-0.25, -0.2) is 4.98 Å². The minimum Gasteiger partial charge on any atom is -0.476 e. The maximum absolute atomic E-state index is 13.2. The molecule has 0 spiro atoms. The molecule has 0 saturated heterocycles. The Balaban J connectivity index is 1.85. The normalized spacial score (nSPS) is 11.8. The molecule has 0 aliphatic rings. The third-order valence-corrected chi connectivity index (χ3v) is 3.67. The summed E-state index contributed by atoms with van der Waals surface area (Å²) in [5, 5.41) is 3.79. The van der Waals surface area contributed by atoms with Crippen LogP contribution in [0.5, 0.6) is 5.88 Å². The molecule has 2 aromatic heterocycles. The molecule has 0 aliphatic carbocycles. The Labute approximate surface area is 153 Å². The number of alkyl halides is 3. The fourth-order valence-corrected chi connectivity index (χ4v) is 2.33. The number of rotatable bonds is 6. The quantitative estimate of drug-likeness (QED) is 0.651. The second kappa shape index (κ2) is 7.75. The van der Waals surface area contributed by atoms with Gasteiger partial charge in [-0.1, -0.05) is 17.3 Å². The molecule has 3 aromatic rings. The zero-order valence-electron chi connectivity index (χ0n) is 14.7. The van der Waals surface area contributed by atoms with Crippen molar-refractivity contribution in [2.75, 3.05) is 27.2 Å². The van der Waals surface area contributed by atoms with Gasteiger partial charge in [0.05, 0.1) is 11.1 Å². The molecule has 0 radical (unpaired) electrons. The first kappa shape index (κ1) is 18.8. The Kier molecular flexibility index (Phi) is 5.41. The zero-order chi connectivity index (χ0) is 19.4. The van der Waals surface area contributed by atoms with Gasteiger partial charge in [0.2, 0.25) is 11.7 Å². The van der Waals surface area contributed by atoms with Gasteiger partial charge in [-0.2, -0.15) is 18.2 Å². The van der Waals surface area contributed by atoms with E-state index in [1.165, 1.54) is 24.4 Å². The number of hydrogen-bond donors (Lipinski definition) is 0. The molecule has 0 N–H and O–H groups in total. The molecule has 0 bridgehead atoms. The summed E-state index contributed by atoms with van der Waals surface area (Å²) in [6.45, 7) is 1.16. The number of ether oxygens (including phenoxy) is 1. The monoisotopic (exact) mass is 378 g/mol. The molecule has 27 heavy (non-hydrogen) atoms. The summed E-state index contributed by atoms with van der Waals surface area (Å²) >= 11 is 0. The lowest BCUT2D eigenvalue weighted by Gasteiger charge is -2.10. The Morgan fingerprint density at radius 2 is 1.93 bits per heavy atom. The van der Waals surface area contributed by atoms with Crippen LogP contribution in [0, 0.1) is 0 Å². The van der Waals surface area contributed by atoms with Crippen molar-refractivity contribution in [2.24, 2.45) is 0 Å². The minimum atomic E-state index is -4.52. The number of pyridine rings is 1. The number of halogens is 3. The van der Waals surface area contributed by atoms with E-state index in [1.807, 2.05) is 19.0 Å². The molecular formula is C18H17F3N4O2. The van der Waals surface area contributed by atoms with Crippen LogP contribution in [0.15, 0.2) is 47.1 Å². The smallest absolute Gasteiger partial charge is 0.417 e. The summed E-state index contributed by atoms with van der Waals surface area (Å²) in [4.78, 5) is 10.2. The van der Waals surface area contributed by atoms with E-state index in [-0.39, 0.29) is 17.3 Å². The molecule has 0 fully saturated rings. The molecule has 1 aromatic carbocycles. The minimum absolute atomic E-state index is 0.154. The number of hydrogen-bond acceptors (Lipinski definition) is 6. The van der Waals surface area contributed by atoms with E-state index in [1.54, 1.807) is 12.1 Å². The fourth-order valence-electron chi connectivity index (χ4n) is 2.33. The van der Waals surface area contributed by atoms with Gasteiger partial charge in [-0.15, -0.1) is 0 Å². The van der Waals surface area contributed by atoms with E-state index in [0.29, 0.717) is 24.6 Å². The third-order valence-electron chi connectivity index (χ3n) is 3.67. The first-order valence-electron chi connectivity index (χ1n) is 8.09. The van der Waals surface area contributed by atoms with Gasteiger partial charge in [0.25, 0.3) is 5.89 Å². The maximum atomic E-state index is 13.2. The highest BCUT2D eigenvalue weighted by Crippen LogP contribution is 2.36. The molecule has 0 atom stereocenters. The summed E-state index contributed by atoms with van der Waals surface area (Å²) < 4.78 is 50.1. The molecular weight excluding hydrogens is 361 g/mol. The largest absolute Gasteiger partial charge is 0.476 e. The van der Waals surface area contributed by atoms with Crippen molar-refractivity contribution < 1.29 is 22.4 Å². The van der Waals surface area contributed by atoms with Crippen molar-refractivity contribution in [1.82, 2.24) is 20.0 Å². The second-order valence-corrected chi connectivity index (χ2v) is 6.00. The molecule has 0 aliphatic heterocycles. The lowest BCUT2D eigenvalue weighted by atomic mass is 10.1. The van der Waals surface area contributed by atoms with Crippen molar-refractivity contribution >= 4 is 0 Å². The van der Waals surface area contributed by atoms with Gasteiger partial charge in [-0.3, -0.25) is 0 Å². The summed E-state index contributed by atoms with van der Waals surface area (Å²) in [5.74, 6) is 0.322. The van der Waals surface area contributed by atoms with E-state index in [4.69, 9.17) is 9.26 Å². The summed E-state index contributed by atoms with van der Waals surface area (Å²) in [5.41, 5.74) is -0.466. The molecule has 2 heterocycles. The van der Waals surface area contributed by atoms with Crippen molar-refractivity contribution in [3.63, 3.8) is 0 Å². The van der Waals surface area contributed by atoms with E-state index in [9.17, 15) is 13.2 Å². The van der Waals surface area contributed by atoms with Gasteiger partial charge < -0.3 is 14.2 Å². The lowest BCUT2D eigenvalue weighted by Crippen LogP contribution is -2.19. The van der Waals surface area contributed by atoms with Gasteiger partial charge >= 0.3 is 6.18 Å². The summed E-state index contributed by atoms with van der Waals surface area (Å²) in [7, 11) is 3.85. The zero-order valence-corrected chi connectivity index (χ0v) is 14.7. The predicted octanol–water partition coefficient (Wildman–Crippen LogP) is 3.76. The van der Waals surface area contributed by atoms with Crippen molar-refractivity contribution in [2.45, 2.75) is 6.18 Å². The molecule has 9 heteroatoms. The highest BCUT2D eigenvalue weighted by molar-refractivity contribution is 5.63. The second-order valence-electron chi connectivity index (χ2n) is 6.00. The Morgan fingerprint density at radius 1 is 1.15 bits per heavy atom. The molecule has 142 valence electrons. The molecule has 3 rings (SSSR count). The number of likely N-dealkylation sites (N-methyl/N-ethyl adjacent to an activating group) is 1. The molecule has 0 saturated carbocycles. The van der Waals surface area contributed by atoms with Gasteiger partial charge in [-0.05, 0) is 32.3 Å². The first-order valence-corrected chi connectivity index (χ1v) is 8.09. The Hall–Kier alpha value is -2.94. The number of nitrogens with zero attached hydrogens (tertiary/aromatic N) is 4. The van der Waals surface area contributed by atoms with Crippen LogP contribution in [0.25, 0.3) is 22.8 Å². The molecule has 0 unspecified atom stereocenters. The van der Waals surface area contributed by atoms with Crippen LogP contribution in [-0.4, -0.2) is 47.3 Å². The number of benzene rings is 1. The topological polar surface area (TPSA) is 64.3 Å². The van der Waals surface area contributed by atoms with Gasteiger partial charge in [0.15, 0.2) is 0 Å². The first-order chi connectivity index (χ1) is 12.8. The van der Waals surface area contributed by atoms with E-state index in [2.05, 4.69) is 15.1 Å². The third kappa shape index (κ3) is 4.62. The highest BCUT2D eigenvalue weighted by Gasteiger charge is 2.34. The van der Waals surface area contributed by atoms with Crippen molar-refractivity contribution in [1.29, 1.82) is 0 Å². The Morgan fingerprint density at radius 3 is 2.67 bits per heavy atom. The SMILES string of the molecule is CN(C)CCOc1cc(-c2noc(-c3ccccc3C(F)(F)F)n2)ccn1. The van der Waals surface area contributed by atoms with Gasteiger partial charge in [0, 0.05) is 24.4 Å². The predicted molar refractivity (Wildman–Crippen MR) is 92.0 cm³/mol. The highest BCUT2D eigenvalue weighted by atomic mass is 19.4. The van der Waals surface area contributed by atoms with Crippen LogP contribution >= 0.6 is 0 Å². The lowest BCUT2D eigenvalue weighted by molar-refractivity contribution is -0.137. The Bertz CT molecular complexity index is 909. The average Bonchev–Trinajstić information content (AvgIpc) is 3.11. The van der Waals surface area contributed by atoms with Crippen molar-refractivity contribution in [3.8, 4) is 28.7 Å². The van der Waals surface area contributed by atoms with E-state index in [0.717, 1.165) is 6.07 Å². The average molecular weight is 378 g/mol. The summed E-state index contributed by atoms with van der Waals surface area (Å²) in [6, 6.07) is 8.30. The van der Waals surface area contributed by atoms with Crippen LogP contribution in [0.3, 0.4) is 0 Å². The number of aromatic nitrogens is 3. The van der Waals surface area contributed by atoms with Gasteiger partial charge in [0.1, 0.15) is 6.61 Å². The summed E-state index contributed by atoms with van der Waals surface area (Å²) in [6.07, 6.45) is -3.00. The standard InChI is InChI=1S/C18H17F3N4O2/c1-25(2)9-10-26-15-11-12(7-8-22-15)16-23-17(27-24-16)13-5-3-4-6-14(13)18(19,20)21/h3-8,11H,9-10H2,1-2H3. The van der Waals surface area contributed by atoms with Crippen LogP contribution in [0.1, 0.15) is 5.56 Å². The van der Waals surface area contributed by atoms with Crippen LogP contribution in [0.2, 0.25) is 0 Å². The maximum Gasteiger partial charge on any atom is 0.417 e. The molecule has 6 nitrogen and oxygen atoms in total. The van der Waals surface area contributed by atoms with E-state index >= 15 is 0 Å². The van der Waals surface area contributed by atoms with Crippen LogP contribution < -0.4 is 4.74 Å². The van der Waals surface area contributed by atoms with Crippen LogP contribution in [-0.2, 0) is 6.18 Å². The fraction of sp³-hybridized carbons (Fsp3) is 0.278. The van der Waals surface area contributed by atoms with Crippen molar-refractivity contribution in [3.05, 3.63) is 48.2 Å².